The summed E-state index contributed by atoms with van der Waals surface area (Å²) in [5, 5.41) is 16.9. The average molecular weight is 570 g/mol. The molecule has 0 saturated carbocycles. The zero-order valence-corrected chi connectivity index (χ0v) is 22.5. The first-order chi connectivity index (χ1) is 19.7. The van der Waals surface area contributed by atoms with Crippen molar-refractivity contribution in [3.05, 3.63) is 118 Å². The number of anilines is 3. The lowest BCUT2D eigenvalue weighted by Crippen LogP contribution is -2.12. The standard InChI is InChI=1S/C29H23N5O6S/c1-40-23-14-10-21(11-15-23)31-29(35)19-6-8-20(9-7-19)30-28-27(32-25-4-2-3-5-26(25)33-28)18-41(38,39)24-16-12-22(13-17-24)34(36)37/h2-17H,18H2,1H3,(H,30,33)(H,31,35). The number of para-hydroxylation sites is 2. The fraction of sp³-hybridized carbons (Fsp3) is 0.0690. The summed E-state index contributed by atoms with van der Waals surface area (Å²) in [4.78, 5) is 32.1. The molecule has 206 valence electrons. The number of sulfone groups is 1. The molecule has 0 saturated heterocycles. The monoisotopic (exact) mass is 569 g/mol. The van der Waals surface area contributed by atoms with Gasteiger partial charge < -0.3 is 15.4 Å². The van der Waals surface area contributed by atoms with Crippen LogP contribution in [0.25, 0.3) is 11.0 Å². The first kappa shape index (κ1) is 27.2. The van der Waals surface area contributed by atoms with E-state index in [1.165, 1.54) is 12.1 Å². The molecule has 0 fully saturated rings. The minimum absolute atomic E-state index is 0.0729. The van der Waals surface area contributed by atoms with Crippen LogP contribution >= 0.6 is 0 Å². The number of hydrogen-bond donors (Lipinski definition) is 2. The number of amides is 1. The molecule has 0 aliphatic heterocycles. The highest BCUT2D eigenvalue weighted by Crippen LogP contribution is 2.26. The van der Waals surface area contributed by atoms with E-state index in [1.54, 1.807) is 79.9 Å². The normalized spacial score (nSPS) is 11.1. The van der Waals surface area contributed by atoms with Crippen molar-refractivity contribution in [3.8, 4) is 5.75 Å². The summed E-state index contributed by atoms with van der Waals surface area (Å²) in [6, 6.07) is 25.3. The van der Waals surface area contributed by atoms with Crippen LogP contribution in [0.5, 0.6) is 5.75 Å². The Morgan fingerprint density at radius 3 is 2.07 bits per heavy atom. The Hall–Kier alpha value is -5.36. The van der Waals surface area contributed by atoms with Gasteiger partial charge in [0.15, 0.2) is 15.7 Å². The first-order valence-corrected chi connectivity index (χ1v) is 13.9. The largest absolute Gasteiger partial charge is 0.497 e. The molecule has 0 atom stereocenters. The third kappa shape index (κ3) is 6.28. The van der Waals surface area contributed by atoms with Crippen LogP contribution in [-0.2, 0) is 15.6 Å². The lowest BCUT2D eigenvalue weighted by Gasteiger charge is -2.13. The van der Waals surface area contributed by atoms with Gasteiger partial charge in [0.25, 0.3) is 11.6 Å². The number of nitro groups is 1. The molecule has 41 heavy (non-hydrogen) atoms. The Labute approximate surface area is 234 Å². The van der Waals surface area contributed by atoms with E-state index in [-0.39, 0.29) is 28.0 Å². The zero-order valence-electron chi connectivity index (χ0n) is 21.6. The Bertz CT molecular complexity index is 1840. The smallest absolute Gasteiger partial charge is 0.269 e. The fourth-order valence-electron chi connectivity index (χ4n) is 4.00. The van der Waals surface area contributed by atoms with Crippen molar-refractivity contribution in [2.45, 2.75) is 10.6 Å². The number of nitrogens with one attached hydrogen (secondary N) is 2. The second kappa shape index (κ2) is 11.4. The van der Waals surface area contributed by atoms with Crippen LogP contribution in [0.3, 0.4) is 0 Å². The van der Waals surface area contributed by atoms with E-state index in [0.29, 0.717) is 33.7 Å². The molecule has 5 aromatic rings. The van der Waals surface area contributed by atoms with E-state index < -0.39 is 20.5 Å². The molecule has 0 aliphatic rings. The third-order valence-corrected chi connectivity index (χ3v) is 7.78. The summed E-state index contributed by atoms with van der Waals surface area (Å²) < 4.78 is 31.6. The van der Waals surface area contributed by atoms with Crippen LogP contribution in [0, 0.1) is 10.1 Å². The molecular formula is C29H23N5O6S. The van der Waals surface area contributed by atoms with E-state index in [2.05, 4.69) is 20.6 Å². The van der Waals surface area contributed by atoms with E-state index in [4.69, 9.17) is 4.74 Å². The van der Waals surface area contributed by atoms with Crippen molar-refractivity contribution in [2.75, 3.05) is 17.7 Å². The summed E-state index contributed by atoms with van der Waals surface area (Å²) >= 11 is 0. The number of carbonyl (C=O) groups excluding carboxylic acids is 1. The maximum Gasteiger partial charge on any atom is 0.269 e. The van der Waals surface area contributed by atoms with Gasteiger partial charge in [0.2, 0.25) is 0 Å². The molecule has 1 heterocycles. The number of methoxy groups -OCH3 is 1. The summed E-state index contributed by atoms with van der Waals surface area (Å²) in [6.07, 6.45) is 0. The van der Waals surface area contributed by atoms with E-state index in [1.807, 2.05) is 0 Å². The second-order valence-electron chi connectivity index (χ2n) is 8.90. The Balaban J connectivity index is 1.39. The van der Waals surface area contributed by atoms with Crippen molar-refractivity contribution < 1.29 is 22.9 Å². The van der Waals surface area contributed by atoms with Gasteiger partial charge in [-0.15, -0.1) is 0 Å². The number of nitro benzene ring substituents is 1. The van der Waals surface area contributed by atoms with Crippen molar-refractivity contribution in [3.63, 3.8) is 0 Å². The average Bonchev–Trinajstić information content (AvgIpc) is 2.98. The van der Waals surface area contributed by atoms with Crippen LogP contribution in [0.2, 0.25) is 0 Å². The van der Waals surface area contributed by atoms with Crippen LogP contribution in [-0.4, -0.2) is 36.3 Å². The van der Waals surface area contributed by atoms with Gasteiger partial charge in [-0.2, -0.15) is 0 Å². The van der Waals surface area contributed by atoms with Crippen LogP contribution in [0.4, 0.5) is 22.9 Å². The van der Waals surface area contributed by atoms with Crippen molar-refractivity contribution in [1.29, 1.82) is 0 Å². The van der Waals surface area contributed by atoms with E-state index in [9.17, 15) is 23.3 Å². The number of aromatic nitrogens is 2. The number of non-ortho nitro benzene ring substituents is 1. The number of rotatable bonds is 9. The van der Waals surface area contributed by atoms with Gasteiger partial charge in [0.1, 0.15) is 11.5 Å². The Morgan fingerprint density at radius 1 is 0.854 bits per heavy atom. The van der Waals surface area contributed by atoms with Gasteiger partial charge >= 0.3 is 0 Å². The first-order valence-electron chi connectivity index (χ1n) is 12.3. The molecule has 2 N–H and O–H groups in total. The SMILES string of the molecule is COc1ccc(NC(=O)c2ccc(Nc3nc4ccccc4nc3CS(=O)(=O)c3ccc([N+](=O)[O-])cc3)cc2)cc1. The Kier molecular flexibility index (Phi) is 7.57. The van der Waals surface area contributed by atoms with Gasteiger partial charge in [-0.05, 0) is 72.8 Å². The van der Waals surface area contributed by atoms with Gasteiger partial charge in [-0.25, -0.2) is 18.4 Å². The number of hydrogen-bond acceptors (Lipinski definition) is 9. The lowest BCUT2D eigenvalue weighted by atomic mass is 10.2. The molecule has 0 spiro atoms. The predicted octanol–water partition coefficient (Wildman–Crippen LogP) is 5.52. The van der Waals surface area contributed by atoms with Gasteiger partial charge in [0, 0.05) is 29.1 Å². The van der Waals surface area contributed by atoms with Crippen LogP contribution in [0.1, 0.15) is 16.1 Å². The number of carbonyl (C=O) groups is 1. The quantitative estimate of drug-likeness (QED) is 0.173. The highest BCUT2D eigenvalue weighted by Gasteiger charge is 2.21. The Morgan fingerprint density at radius 2 is 1.46 bits per heavy atom. The topological polar surface area (TPSA) is 153 Å². The summed E-state index contributed by atoms with van der Waals surface area (Å²) in [7, 11) is -2.35. The molecular weight excluding hydrogens is 546 g/mol. The molecule has 5 rings (SSSR count). The molecule has 11 nitrogen and oxygen atoms in total. The highest BCUT2D eigenvalue weighted by atomic mass is 32.2. The molecule has 1 aromatic heterocycles. The number of fused-ring (bicyclic) bond motifs is 1. The number of nitrogens with zero attached hydrogens (tertiary/aromatic N) is 3. The molecule has 0 bridgehead atoms. The van der Waals surface area contributed by atoms with Crippen LogP contribution < -0.4 is 15.4 Å². The molecule has 4 aromatic carbocycles. The summed E-state index contributed by atoms with van der Waals surface area (Å²) in [5.41, 5.74) is 2.62. The molecule has 0 unspecified atom stereocenters. The minimum atomic E-state index is -3.92. The number of benzene rings is 4. The lowest BCUT2D eigenvalue weighted by molar-refractivity contribution is -0.384. The number of ether oxygens (including phenoxy) is 1. The maximum absolute atomic E-state index is 13.2. The van der Waals surface area contributed by atoms with Crippen molar-refractivity contribution in [2.24, 2.45) is 0 Å². The minimum Gasteiger partial charge on any atom is -0.497 e. The third-order valence-electron chi connectivity index (χ3n) is 6.13. The van der Waals surface area contributed by atoms with Gasteiger partial charge in [0.05, 0.1) is 33.7 Å². The van der Waals surface area contributed by atoms with Crippen molar-refractivity contribution >= 4 is 49.7 Å². The molecule has 0 radical (unpaired) electrons. The molecule has 0 aliphatic carbocycles. The molecule has 12 heteroatoms. The summed E-state index contributed by atoms with van der Waals surface area (Å²) in [5.74, 6) is 0.106. The predicted molar refractivity (Wildman–Crippen MR) is 154 cm³/mol. The fourth-order valence-corrected chi connectivity index (χ4v) is 5.27. The van der Waals surface area contributed by atoms with Crippen LogP contribution in [0.15, 0.2) is 102 Å². The second-order valence-corrected chi connectivity index (χ2v) is 10.9. The van der Waals surface area contributed by atoms with E-state index in [0.717, 1.165) is 12.1 Å². The molecule has 1 amide bonds. The maximum atomic E-state index is 13.2. The van der Waals surface area contributed by atoms with Gasteiger partial charge in [-0.3, -0.25) is 14.9 Å². The zero-order chi connectivity index (χ0) is 29.0. The highest BCUT2D eigenvalue weighted by molar-refractivity contribution is 7.90. The van der Waals surface area contributed by atoms with Gasteiger partial charge in [-0.1, -0.05) is 12.1 Å². The van der Waals surface area contributed by atoms with E-state index >= 15 is 0 Å². The van der Waals surface area contributed by atoms with Crippen molar-refractivity contribution in [1.82, 2.24) is 9.97 Å². The summed E-state index contributed by atoms with van der Waals surface area (Å²) in [6.45, 7) is 0.